The molecule has 4 amide bonds. The van der Waals surface area contributed by atoms with Gasteiger partial charge in [0.15, 0.2) is 0 Å². The molecule has 3 fully saturated rings. The largest absolute Gasteiger partial charge is 0.365 e. The number of piperazine rings is 1. The van der Waals surface area contributed by atoms with Crippen molar-refractivity contribution in [3.05, 3.63) is 29.8 Å². The molecule has 3 aliphatic rings. The number of amides is 4. The number of benzene rings is 1. The topological polar surface area (TPSA) is 81.8 Å². The van der Waals surface area contributed by atoms with Crippen LogP contribution in [-0.4, -0.2) is 54.0 Å². The average Bonchev–Trinajstić information content (AvgIpc) is 3.16. The van der Waals surface area contributed by atoms with Gasteiger partial charge in [-0.3, -0.25) is 14.9 Å². The Balaban J connectivity index is 1.49. The maximum atomic E-state index is 13.6. The molecule has 3 atom stereocenters. The number of nitrogens with one attached hydrogen (secondary N) is 2. The lowest BCUT2D eigenvalue weighted by molar-refractivity contribution is -0.142. The first-order valence-electron chi connectivity index (χ1n) is 9.45. The van der Waals surface area contributed by atoms with E-state index in [1.807, 2.05) is 11.8 Å². The highest BCUT2D eigenvalue weighted by Crippen LogP contribution is 2.39. The summed E-state index contributed by atoms with van der Waals surface area (Å²) in [5.74, 6) is -2.47. The summed E-state index contributed by atoms with van der Waals surface area (Å²) in [7, 11) is 0. The zero-order valence-electron chi connectivity index (χ0n) is 15.5. The molecule has 1 aromatic carbocycles. The summed E-state index contributed by atoms with van der Waals surface area (Å²) in [6.45, 7) is 3.06. The van der Waals surface area contributed by atoms with Crippen LogP contribution in [0.3, 0.4) is 0 Å². The Bertz CT molecular complexity index is 828. The highest BCUT2D eigenvalue weighted by molar-refractivity contribution is 6.09. The first-order chi connectivity index (χ1) is 13.3. The summed E-state index contributed by atoms with van der Waals surface area (Å²) >= 11 is 0. The van der Waals surface area contributed by atoms with Gasteiger partial charge in [0, 0.05) is 37.4 Å². The Labute approximate surface area is 161 Å². The molecule has 2 heterocycles. The molecule has 1 saturated carbocycles. The molecule has 4 rings (SSSR count). The Hall–Kier alpha value is -2.71. The van der Waals surface area contributed by atoms with Gasteiger partial charge in [-0.1, -0.05) is 0 Å². The minimum atomic E-state index is -1.15. The van der Waals surface area contributed by atoms with Gasteiger partial charge in [-0.2, -0.15) is 0 Å². The first kappa shape index (κ1) is 18.6. The lowest BCUT2D eigenvalue weighted by Crippen LogP contribution is -2.59. The molecule has 0 aromatic heterocycles. The summed E-state index contributed by atoms with van der Waals surface area (Å²) in [5.41, 5.74) is -0.711. The zero-order chi connectivity index (χ0) is 20.1. The molecule has 28 heavy (non-hydrogen) atoms. The second-order valence-electron chi connectivity index (χ2n) is 7.78. The van der Waals surface area contributed by atoms with Crippen LogP contribution in [0.5, 0.6) is 0 Å². The van der Waals surface area contributed by atoms with E-state index in [0.29, 0.717) is 44.6 Å². The van der Waals surface area contributed by atoms with Crippen LogP contribution in [0.25, 0.3) is 0 Å². The summed E-state index contributed by atoms with van der Waals surface area (Å²) < 4.78 is 27.1. The van der Waals surface area contributed by atoms with Crippen LogP contribution < -0.4 is 15.5 Å². The maximum Gasteiger partial charge on any atom is 0.322 e. The van der Waals surface area contributed by atoms with Gasteiger partial charge in [-0.15, -0.1) is 0 Å². The molecule has 2 N–H and O–H groups in total. The van der Waals surface area contributed by atoms with Gasteiger partial charge in [0.25, 0.3) is 5.91 Å². The standard InChI is InChI=1S/C19H22F2N4O3/c1-11-10-24(5-6-25(11)14-8-12(20)7-13(21)9-14)16(26)15-3-2-4-19(15)17(27)22-18(28)23-19/h7-9,11,15H,2-6,10H2,1H3,(H2,22,23,27,28)/t11-,15?,19?/m0/s1. The van der Waals surface area contributed by atoms with Gasteiger partial charge in [0.05, 0.1) is 5.92 Å². The van der Waals surface area contributed by atoms with Crippen LogP contribution >= 0.6 is 0 Å². The van der Waals surface area contributed by atoms with Crippen molar-refractivity contribution in [2.75, 3.05) is 24.5 Å². The van der Waals surface area contributed by atoms with Crippen molar-refractivity contribution < 1.29 is 23.2 Å². The Kier molecular flexibility index (Phi) is 4.47. The second kappa shape index (κ2) is 6.72. The first-order valence-corrected chi connectivity index (χ1v) is 9.45. The van der Waals surface area contributed by atoms with Crippen molar-refractivity contribution in [3.63, 3.8) is 0 Å². The smallest absolute Gasteiger partial charge is 0.322 e. The van der Waals surface area contributed by atoms with Gasteiger partial charge in [-0.25, -0.2) is 13.6 Å². The molecular formula is C19H22F2N4O3. The quantitative estimate of drug-likeness (QED) is 0.745. The van der Waals surface area contributed by atoms with Crippen molar-refractivity contribution >= 4 is 23.5 Å². The van der Waals surface area contributed by atoms with Crippen LogP contribution in [0.15, 0.2) is 18.2 Å². The van der Waals surface area contributed by atoms with Crippen molar-refractivity contribution in [1.82, 2.24) is 15.5 Å². The molecule has 7 nitrogen and oxygen atoms in total. The molecule has 1 spiro atoms. The number of urea groups is 1. The molecular weight excluding hydrogens is 370 g/mol. The fourth-order valence-corrected chi connectivity index (χ4v) is 4.73. The fraction of sp³-hybridized carbons (Fsp3) is 0.526. The monoisotopic (exact) mass is 392 g/mol. The summed E-state index contributed by atoms with van der Waals surface area (Å²) in [4.78, 5) is 40.7. The molecule has 2 unspecified atom stereocenters. The van der Waals surface area contributed by atoms with Crippen molar-refractivity contribution in [2.45, 2.75) is 37.8 Å². The molecule has 0 radical (unpaired) electrons. The van der Waals surface area contributed by atoms with E-state index in [-0.39, 0.29) is 11.9 Å². The van der Waals surface area contributed by atoms with Gasteiger partial charge in [0.2, 0.25) is 5.91 Å². The van der Waals surface area contributed by atoms with Gasteiger partial charge in [-0.05, 0) is 38.3 Å². The Morgan fingerprint density at radius 2 is 1.89 bits per heavy atom. The molecule has 2 aliphatic heterocycles. The normalized spacial score (nSPS) is 30.0. The molecule has 1 aliphatic carbocycles. The van der Waals surface area contributed by atoms with E-state index in [9.17, 15) is 23.2 Å². The van der Waals surface area contributed by atoms with Crippen LogP contribution in [0.1, 0.15) is 26.2 Å². The minimum Gasteiger partial charge on any atom is -0.365 e. The van der Waals surface area contributed by atoms with E-state index in [1.54, 1.807) is 4.90 Å². The van der Waals surface area contributed by atoms with E-state index in [4.69, 9.17) is 0 Å². The van der Waals surface area contributed by atoms with Gasteiger partial charge >= 0.3 is 6.03 Å². The zero-order valence-corrected chi connectivity index (χ0v) is 15.5. The lowest BCUT2D eigenvalue weighted by Gasteiger charge is -2.43. The number of carbonyl (C=O) groups excluding carboxylic acids is 3. The Morgan fingerprint density at radius 3 is 2.50 bits per heavy atom. The third kappa shape index (κ3) is 2.98. The predicted molar refractivity (Wildman–Crippen MR) is 96.5 cm³/mol. The number of rotatable bonds is 2. The van der Waals surface area contributed by atoms with Crippen molar-refractivity contribution in [3.8, 4) is 0 Å². The summed E-state index contributed by atoms with van der Waals surface area (Å²) in [6.07, 6.45) is 1.66. The van der Waals surface area contributed by atoms with E-state index in [1.165, 1.54) is 12.1 Å². The molecule has 1 aromatic rings. The van der Waals surface area contributed by atoms with Crippen molar-refractivity contribution in [1.29, 1.82) is 0 Å². The van der Waals surface area contributed by atoms with Crippen LogP contribution in [0, 0.1) is 17.6 Å². The maximum absolute atomic E-state index is 13.6. The van der Waals surface area contributed by atoms with Crippen molar-refractivity contribution in [2.24, 2.45) is 5.92 Å². The average molecular weight is 392 g/mol. The second-order valence-corrected chi connectivity index (χ2v) is 7.78. The van der Waals surface area contributed by atoms with Gasteiger partial charge < -0.3 is 15.1 Å². The number of anilines is 1. The number of halogens is 2. The SMILES string of the molecule is C[C@H]1CN(C(=O)C2CCCC23NC(=O)NC3=O)CCN1c1cc(F)cc(F)c1. The number of hydrogen-bond acceptors (Lipinski definition) is 4. The van der Waals surface area contributed by atoms with E-state index in [2.05, 4.69) is 10.6 Å². The third-order valence-electron chi connectivity index (χ3n) is 6.04. The number of hydrogen-bond donors (Lipinski definition) is 2. The predicted octanol–water partition coefficient (Wildman–Crippen LogP) is 1.38. The van der Waals surface area contributed by atoms with Gasteiger partial charge in [0.1, 0.15) is 17.2 Å². The molecule has 0 bridgehead atoms. The summed E-state index contributed by atoms with van der Waals surface area (Å²) in [6, 6.07) is 2.68. The van der Waals surface area contributed by atoms with Crippen LogP contribution in [0.4, 0.5) is 19.3 Å². The fourth-order valence-electron chi connectivity index (χ4n) is 4.73. The lowest BCUT2D eigenvalue weighted by atomic mass is 9.85. The molecule has 2 saturated heterocycles. The molecule has 150 valence electrons. The Morgan fingerprint density at radius 1 is 1.18 bits per heavy atom. The van der Waals surface area contributed by atoms with E-state index < -0.39 is 35.0 Å². The van der Waals surface area contributed by atoms with E-state index >= 15 is 0 Å². The number of nitrogens with zero attached hydrogens (tertiary/aromatic N) is 2. The highest BCUT2D eigenvalue weighted by Gasteiger charge is 2.57. The van der Waals surface area contributed by atoms with E-state index in [0.717, 1.165) is 6.07 Å². The van der Waals surface area contributed by atoms with Crippen LogP contribution in [0.2, 0.25) is 0 Å². The highest BCUT2D eigenvalue weighted by atomic mass is 19.1. The number of imide groups is 1. The minimum absolute atomic E-state index is 0.150. The van der Waals surface area contributed by atoms with Crippen LogP contribution in [-0.2, 0) is 9.59 Å². The number of carbonyl (C=O) groups is 3. The molecule has 9 heteroatoms. The summed E-state index contributed by atoms with van der Waals surface area (Å²) in [5, 5.41) is 4.91. The third-order valence-corrected chi connectivity index (χ3v) is 6.04.